The number of rotatable bonds is 5. The molecule has 0 saturated heterocycles. The van der Waals surface area contributed by atoms with Crippen LogP contribution in [-0.2, 0) is 17.8 Å². The van der Waals surface area contributed by atoms with Gasteiger partial charge in [0.1, 0.15) is 0 Å². The molecule has 0 aromatic carbocycles. The summed E-state index contributed by atoms with van der Waals surface area (Å²) >= 11 is 0. The molecule has 0 unspecified atom stereocenters. The van der Waals surface area contributed by atoms with Crippen molar-refractivity contribution in [1.29, 1.82) is 0 Å². The molecule has 1 amide bonds. The van der Waals surface area contributed by atoms with Crippen LogP contribution in [-0.4, -0.2) is 33.0 Å². The van der Waals surface area contributed by atoms with Gasteiger partial charge in [-0.2, -0.15) is 5.10 Å². The fourth-order valence-electron chi connectivity index (χ4n) is 1.72. The maximum atomic E-state index is 11.9. The van der Waals surface area contributed by atoms with E-state index >= 15 is 0 Å². The molecule has 18 heavy (non-hydrogen) atoms. The van der Waals surface area contributed by atoms with Crippen molar-refractivity contribution in [2.75, 3.05) is 7.05 Å². The number of H-pyrrole nitrogens is 1. The largest absolute Gasteiger partial charge is 0.341 e. The van der Waals surface area contributed by atoms with E-state index in [0.717, 1.165) is 17.5 Å². The predicted molar refractivity (Wildman–Crippen MR) is 67.6 cm³/mol. The number of aromatic amines is 1. The van der Waals surface area contributed by atoms with Crippen LogP contribution in [0.25, 0.3) is 0 Å². The van der Waals surface area contributed by atoms with Crippen LogP contribution in [0.15, 0.2) is 36.9 Å². The van der Waals surface area contributed by atoms with Gasteiger partial charge in [0, 0.05) is 44.2 Å². The van der Waals surface area contributed by atoms with Gasteiger partial charge in [0.15, 0.2) is 0 Å². The maximum Gasteiger partial charge on any atom is 0.222 e. The second kappa shape index (κ2) is 5.95. The molecular formula is C13H16N4O. The number of hydrogen-bond acceptors (Lipinski definition) is 3. The van der Waals surface area contributed by atoms with Crippen molar-refractivity contribution in [2.24, 2.45) is 0 Å². The number of carbonyl (C=O) groups is 1. The van der Waals surface area contributed by atoms with Gasteiger partial charge in [-0.25, -0.2) is 0 Å². The van der Waals surface area contributed by atoms with Gasteiger partial charge in [-0.3, -0.25) is 14.9 Å². The lowest BCUT2D eigenvalue weighted by atomic mass is 10.1. The monoisotopic (exact) mass is 244 g/mol. The van der Waals surface area contributed by atoms with E-state index in [1.807, 2.05) is 19.2 Å². The van der Waals surface area contributed by atoms with Crippen molar-refractivity contribution in [1.82, 2.24) is 20.1 Å². The molecule has 0 aliphatic rings. The molecular weight excluding hydrogens is 228 g/mol. The molecule has 0 aliphatic heterocycles. The Hall–Kier alpha value is -2.17. The smallest absolute Gasteiger partial charge is 0.222 e. The van der Waals surface area contributed by atoms with Gasteiger partial charge in [-0.15, -0.1) is 0 Å². The average Bonchev–Trinajstić information content (AvgIpc) is 2.90. The molecule has 94 valence electrons. The highest BCUT2D eigenvalue weighted by Gasteiger charge is 2.09. The van der Waals surface area contributed by atoms with Crippen molar-refractivity contribution < 1.29 is 4.79 Å². The van der Waals surface area contributed by atoms with Crippen molar-refractivity contribution in [2.45, 2.75) is 19.4 Å². The van der Waals surface area contributed by atoms with Gasteiger partial charge >= 0.3 is 0 Å². The Morgan fingerprint density at radius 1 is 1.33 bits per heavy atom. The minimum atomic E-state index is 0.132. The number of pyridine rings is 1. The molecule has 0 radical (unpaired) electrons. The maximum absolute atomic E-state index is 11.9. The number of nitrogens with zero attached hydrogens (tertiary/aromatic N) is 3. The normalized spacial score (nSPS) is 10.3. The van der Waals surface area contributed by atoms with Crippen LogP contribution in [0.4, 0.5) is 0 Å². The molecule has 0 spiro atoms. The number of aryl methyl sites for hydroxylation is 1. The number of amides is 1. The lowest BCUT2D eigenvalue weighted by molar-refractivity contribution is -0.130. The summed E-state index contributed by atoms with van der Waals surface area (Å²) in [5.41, 5.74) is 2.14. The lowest BCUT2D eigenvalue weighted by Crippen LogP contribution is -2.26. The topological polar surface area (TPSA) is 61.9 Å². The Kier molecular flexibility index (Phi) is 4.06. The number of nitrogens with one attached hydrogen (secondary N) is 1. The molecule has 2 aromatic rings. The van der Waals surface area contributed by atoms with Gasteiger partial charge in [0.2, 0.25) is 5.91 Å². The second-order valence-electron chi connectivity index (χ2n) is 4.21. The van der Waals surface area contributed by atoms with Gasteiger partial charge in [-0.1, -0.05) is 0 Å². The van der Waals surface area contributed by atoms with Crippen LogP contribution in [0, 0.1) is 0 Å². The SMILES string of the molecule is CN(Cc1cn[nH]c1)C(=O)CCc1ccncc1. The fraction of sp³-hybridized carbons (Fsp3) is 0.308. The standard InChI is InChI=1S/C13H16N4O/c1-17(10-12-8-15-16-9-12)13(18)3-2-11-4-6-14-7-5-11/h4-9H,2-3,10H2,1H3,(H,15,16). The summed E-state index contributed by atoms with van der Waals surface area (Å²) in [6.45, 7) is 0.589. The molecule has 0 aliphatic carbocycles. The summed E-state index contributed by atoms with van der Waals surface area (Å²) < 4.78 is 0. The molecule has 0 bridgehead atoms. The minimum absolute atomic E-state index is 0.132. The van der Waals surface area contributed by atoms with Crippen molar-refractivity contribution in [3.63, 3.8) is 0 Å². The van der Waals surface area contributed by atoms with E-state index in [1.165, 1.54) is 0 Å². The highest BCUT2D eigenvalue weighted by molar-refractivity contribution is 5.76. The zero-order valence-electron chi connectivity index (χ0n) is 10.3. The Bertz CT molecular complexity index is 481. The van der Waals surface area contributed by atoms with Gasteiger partial charge in [0.05, 0.1) is 6.20 Å². The van der Waals surface area contributed by atoms with Crippen LogP contribution in [0.3, 0.4) is 0 Å². The summed E-state index contributed by atoms with van der Waals surface area (Å²) in [6, 6.07) is 3.87. The molecule has 0 atom stereocenters. The van der Waals surface area contributed by atoms with Gasteiger partial charge < -0.3 is 4.90 Å². The molecule has 0 fully saturated rings. The summed E-state index contributed by atoms with van der Waals surface area (Å²) in [5, 5.41) is 6.60. The average molecular weight is 244 g/mol. The zero-order valence-corrected chi connectivity index (χ0v) is 10.3. The van der Waals surface area contributed by atoms with Crippen LogP contribution >= 0.6 is 0 Å². The third-order valence-electron chi connectivity index (χ3n) is 2.78. The first-order chi connectivity index (χ1) is 8.75. The van der Waals surface area contributed by atoms with E-state index < -0.39 is 0 Å². The molecule has 2 heterocycles. The Balaban J connectivity index is 1.81. The molecule has 5 heteroatoms. The van der Waals surface area contributed by atoms with Crippen LogP contribution < -0.4 is 0 Å². The van der Waals surface area contributed by atoms with Gasteiger partial charge in [-0.05, 0) is 24.1 Å². The minimum Gasteiger partial charge on any atom is -0.341 e. The van der Waals surface area contributed by atoms with Crippen molar-refractivity contribution in [3.05, 3.63) is 48.0 Å². The van der Waals surface area contributed by atoms with Gasteiger partial charge in [0.25, 0.3) is 0 Å². The molecule has 2 rings (SSSR count). The number of hydrogen-bond donors (Lipinski definition) is 1. The first-order valence-corrected chi connectivity index (χ1v) is 5.86. The highest BCUT2D eigenvalue weighted by Crippen LogP contribution is 2.05. The fourth-order valence-corrected chi connectivity index (χ4v) is 1.72. The van der Waals surface area contributed by atoms with Crippen LogP contribution in [0.1, 0.15) is 17.5 Å². The van der Waals surface area contributed by atoms with E-state index in [0.29, 0.717) is 13.0 Å². The molecule has 0 saturated carbocycles. The van der Waals surface area contributed by atoms with E-state index in [1.54, 1.807) is 29.7 Å². The Morgan fingerprint density at radius 3 is 2.78 bits per heavy atom. The highest BCUT2D eigenvalue weighted by atomic mass is 16.2. The second-order valence-corrected chi connectivity index (χ2v) is 4.21. The van der Waals surface area contributed by atoms with E-state index in [-0.39, 0.29) is 5.91 Å². The van der Waals surface area contributed by atoms with E-state index in [9.17, 15) is 4.79 Å². The van der Waals surface area contributed by atoms with Crippen LogP contribution in [0.5, 0.6) is 0 Å². The summed E-state index contributed by atoms with van der Waals surface area (Å²) in [5.74, 6) is 0.132. The summed E-state index contributed by atoms with van der Waals surface area (Å²) in [4.78, 5) is 17.6. The van der Waals surface area contributed by atoms with Crippen molar-refractivity contribution in [3.8, 4) is 0 Å². The lowest BCUT2D eigenvalue weighted by Gasteiger charge is -2.16. The predicted octanol–water partition coefficient (Wildman–Crippen LogP) is 1.40. The van der Waals surface area contributed by atoms with E-state index in [2.05, 4.69) is 15.2 Å². The zero-order chi connectivity index (χ0) is 12.8. The number of aromatic nitrogens is 3. The first-order valence-electron chi connectivity index (χ1n) is 5.86. The molecule has 2 aromatic heterocycles. The van der Waals surface area contributed by atoms with E-state index in [4.69, 9.17) is 0 Å². The first kappa shape index (κ1) is 12.3. The summed E-state index contributed by atoms with van der Waals surface area (Å²) in [6.07, 6.45) is 8.28. The number of carbonyl (C=O) groups excluding carboxylic acids is 1. The third kappa shape index (κ3) is 3.41. The summed E-state index contributed by atoms with van der Waals surface area (Å²) in [7, 11) is 1.81. The Morgan fingerprint density at radius 2 is 2.11 bits per heavy atom. The van der Waals surface area contributed by atoms with Crippen molar-refractivity contribution >= 4 is 5.91 Å². The van der Waals surface area contributed by atoms with Crippen LogP contribution in [0.2, 0.25) is 0 Å². The molecule has 1 N–H and O–H groups in total. The Labute approximate surface area is 106 Å². The third-order valence-corrected chi connectivity index (χ3v) is 2.78. The quantitative estimate of drug-likeness (QED) is 0.864. The molecule has 5 nitrogen and oxygen atoms in total.